The number of halogens is 1. The molecule has 4 unspecified atom stereocenters. The average Bonchev–Trinajstić information content (AvgIpc) is 1.00. The van der Waals surface area contributed by atoms with Crippen molar-refractivity contribution < 1.29 is 44.5 Å². The number of carbonyl (C=O) groups is 1. The first kappa shape index (κ1) is 94.3. The van der Waals surface area contributed by atoms with E-state index in [1.54, 1.807) is 121 Å². The molecule has 19 rings (SSSR count). The maximum Gasteiger partial charge on any atom is 0.260 e. The molecule has 35 heteroatoms. The summed E-state index contributed by atoms with van der Waals surface area (Å²) in [7, 11) is -3.52. The van der Waals surface area contributed by atoms with Crippen LogP contribution in [0.1, 0.15) is 95.6 Å². The topological polar surface area (TPSA) is 339 Å². The van der Waals surface area contributed by atoms with Crippen molar-refractivity contribution in [3.63, 3.8) is 0 Å². The van der Waals surface area contributed by atoms with Gasteiger partial charge < -0.3 is 55.5 Å². The minimum Gasteiger partial charge on any atom is -0.489 e. The molecule has 5 aliphatic heterocycles. The minimum absolute atomic E-state index is 0. The van der Waals surface area contributed by atoms with E-state index in [1.165, 1.54) is 27.5 Å². The van der Waals surface area contributed by atoms with Crippen LogP contribution in [-0.4, -0.2) is 215 Å². The summed E-state index contributed by atoms with van der Waals surface area (Å²) in [6.45, 7) is 19.5. The van der Waals surface area contributed by atoms with Gasteiger partial charge in [0.25, 0.3) is 16.7 Å². The van der Waals surface area contributed by atoms with Crippen LogP contribution in [-0.2, 0) is 64.1 Å². The van der Waals surface area contributed by atoms with Gasteiger partial charge in [-0.15, -0.1) is 11.3 Å². The number of thioether (sulfide) groups is 1. The Balaban J connectivity index is 0.000000163. The Morgan fingerprint density at radius 3 is 1.88 bits per heavy atom. The molecule has 1 amide bonds. The van der Waals surface area contributed by atoms with Gasteiger partial charge in [-0.05, 0) is 250 Å². The normalized spacial score (nSPS) is 17.4. The van der Waals surface area contributed by atoms with Gasteiger partial charge in [-0.25, -0.2) is 32.7 Å². The molecule has 5 N–H and O–H groups in total. The van der Waals surface area contributed by atoms with Gasteiger partial charge in [0.05, 0.1) is 39.8 Å². The minimum atomic E-state index is -3.53. The maximum atomic E-state index is 15.1. The number of amides is 1. The molecule has 0 bridgehead atoms. The number of hydrogen-bond acceptors (Lipinski definition) is 27. The standard InChI is InChI=1S/C34H40FN7O4S.C33H39N5O4S2.C32H32N6O3S2.3H2/c1-23-18-26(47(3,45)17-16-46-2)7-8-27(23)28-19-24-21-37-34(38-25-6-9-30(29(35)20-25)40-14-10-36-11-15-40)39-32(24)42(33(28)44)22-31(43)41-12-4-5-13-41;1-21(2)44(40,41)30-6-4-5-27(22(30)3)28-17-25-18-35-33(36-26-9-7-24(8-10-26)29-19-34-13-16-43-29)37-31(25)38(32(28)39)20-23-11-14-42-15-12-23;1-20-3-8-26(43(40)25-9-10-25)16-27(20)28-15-21-17-34-32(36-30(21)38(31(28)39)19-29-33-12-14-42-29)35-22-4-6-23(7-5-22)41-24-11-13-37(2)18-24;;;/h6-9,18-21,36H,3-5,10-17,22H2,1-2H3,(H,37,38,39);4-10,17-18,21,23,29,34H,11-16,19-20H2,1-3H3,(H,35,36,37);3-8,12,14-17,24-25H,9-11,13,18-19H2,1-2H3,(H,34,35,36);3*1H. The van der Waals surface area contributed by atoms with Crippen LogP contribution in [0.3, 0.4) is 0 Å². The summed E-state index contributed by atoms with van der Waals surface area (Å²) in [6.07, 6.45) is 13.6. The van der Waals surface area contributed by atoms with E-state index in [-0.39, 0.29) is 85.3 Å². The number of aryl methyl sites for hydroxylation is 2. The van der Waals surface area contributed by atoms with Crippen molar-refractivity contribution >= 4 is 139 Å². The lowest BCUT2D eigenvalue weighted by atomic mass is 9.98. The van der Waals surface area contributed by atoms with Crippen molar-refractivity contribution in [1.82, 2.24) is 69.0 Å². The number of nitrogens with one attached hydrogen (secondary N) is 5. The summed E-state index contributed by atoms with van der Waals surface area (Å²) in [5.41, 5.74) is 10.2. The number of nitrogens with zero attached hydrogens (tertiary/aromatic N) is 13. The predicted octanol–water partition coefficient (Wildman–Crippen LogP) is 15.0. The van der Waals surface area contributed by atoms with E-state index in [0.717, 1.165) is 152 Å². The summed E-state index contributed by atoms with van der Waals surface area (Å²) in [4.78, 5) is 95.9. The van der Waals surface area contributed by atoms with Crippen LogP contribution in [0, 0.1) is 32.5 Å². The number of likely N-dealkylation sites (N-methyl/N-ethyl adjacent to an activating group) is 1. The van der Waals surface area contributed by atoms with Gasteiger partial charge >= 0.3 is 0 Å². The summed E-state index contributed by atoms with van der Waals surface area (Å²) in [6, 6.07) is 42.6. The van der Waals surface area contributed by atoms with Gasteiger partial charge in [-0.1, -0.05) is 36.4 Å². The van der Waals surface area contributed by atoms with Gasteiger partial charge in [0.1, 0.15) is 46.2 Å². The number of rotatable bonds is 27. The fourth-order valence-electron chi connectivity index (χ4n) is 17.5. The smallest absolute Gasteiger partial charge is 0.260 e. The highest BCUT2D eigenvalue weighted by Crippen LogP contribution is 2.38. The quantitative estimate of drug-likeness (QED) is 0.0299. The SMILES string of the molecule is C=S(=O)(CCOC)c1ccc(-c2cc3cnc(Nc4ccc(N5CCNCC5)c(F)c4)nc3n(CC(=O)N3CCCC3)c2=O)c(C)c1.Cc1c(-c2cc3cnc(Nc4ccc(C5CNCCS5)cc4)nc3n(CC3CCOCC3)c2=O)cccc1S(=O)(=O)C(C)C.Cc1ccc(S(=O)C2CC2)cc1-c1cc2cnc(Nc3ccc(OC4CCN(C)C4)cc3)nc2n(Cc2nccs2)c1=O.[HH].[HH].[HH]. The molecule has 29 nitrogen and oxygen atoms in total. The number of fused-ring (bicyclic) bond motifs is 3. The molecular formula is C99H117FN18O11S5. The number of carbonyl (C=O) groups excluding carboxylic acids is 1. The molecule has 0 spiro atoms. The first-order valence-corrected chi connectivity index (χ1v) is 52.1. The summed E-state index contributed by atoms with van der Waals surface area (Å²) >= 11 is 3.46. The van der Waals surface area contributed by atoms with Crippen molar-refractivity contribution in [1.29, 1.82) is 0 Å². The van der Waals surface area contributed by atoms with Crippen molar-refractivity contribution in [2.24, 2.45) is 5.92 Å². The zero-order valence-corrected chi connectivity index (χ0v) is 80.2. The van der Waals surface area contributed by atoms with E-state index in [1.807, 2.05) is 103 Å². The van der Waals surface area contributed by atoms with Gasteiger partial charge in [-0.2, -0.15) is 26.7 Å². The highest BCUT2D eigenvalue weighted by atomic mass is 32.2. The highest BCUT2D eigenvalue weighted by molar-refractivity contribution is 8.00. The van der Waals surface area contributed by atoms with Crippen LogP contribution in [0.25, 0.3) is 66.5 Å². The second-order valence-corrected chi connectivity index (χ2v) is 44.1. The third-order valence-electron chi connectivity index (χ3n) is 25.3. The monoisotopic (exact) mass is 1910 g/mol. The molecule has 4 atom stereocenters. The molecule has 0 radical (unpaired) electrons. The molecule has 13 aromatic rings. The Bertz CT molecular complexity index is 6980. The second-order valence-electron chi connectivity index (χ2n) is 35.1. The molecular weight excluding hydrogens is 1800 g/mol. The number of aromatic nitrogens is 10. The Morgan fingerprint density at radius 1 is 0.657 bits per heavy atom. The number of anilines is 7. The number of benzene rings is 6. The number of piperazine rings is 1. The molecule has 6 aromatic carbocycles. The largest absolute Gasteiger partial charge is 0.489 e. The molecule has 7 aromatic heterocycles. The number of hydrogen-bond donors (Lipinski definition) is 5. The third kappa shape index (κ3) is 21.7. The fraction of sp³-hybridized carbons (Fsp3) is 0.374. The summed E-state index contributed by atoms with van der Waals surface area (Å²) in [5.74, 6) is 6.85. The van der Waals surface area contributed by atoms with Crippen LogP contribution in [0.4, 0.5) is 45.0 Å². The molecule has 12 heterocycles. The van der Waals surface area contributed by atoms with E-state index in [4.69, 9.17) is 24.2 Å². The fourth-order valence-corrected chi connectivity index (χ4v) is 23.3. The lowest BCUT2D eigenvalue weighted by Gasteiger charge is -2.29. The Labute approximate surface area is 793 Å². The number of methoxy groups -OCH3 is 1. The third-order valence-corrected chi connectivity index (χ3v) is 33.4. The highest BCUT2D eigenvalue weighted by Gasteiger charge is 2.32. The van der Waals surface area contributed by atoms with E-state index >= 15 is 4.39 Å². The lowest BCUT2D eigenvalue weighted by Crippen LogP contribution is -2.43. The molecule has 1 aliphatic carbocycles. The van der Waals surface area contributed by atoms with Gasteiger partial charge in [0, 0.05) is 208 Å². The first-order chi connectivity index (χ1) is 64.8. The predicted molar refractivity (Wildman–Crippen MR) is 540 cm³/mol. The number of likely N-dealkylation sites (tertiary alicyclic amines) is 2. The van der Waals surface area contributed by atoms with Crippen LogP contribution in [0.15, 0.2) is 199 Å². The molecule has 134 heavy (non-hydrogen) atoms. The van der Waals surface area contributed by atoms with Gasteiger partial charge in [-0.3, -0.25) is 41.3 Å². The average molecular weight is 1910 g/mol. The summed E-state index contributed by atoms with van der Waals surface area (Å²) < 4.78 is 89.1. The second kappa shape index (κ2) is 41.8. The summed E-state index contributed by atoms with van der Waals surface area (Å²) in [5, 5.41) is 21.2. The first-order valence-electron chi connectivity index (χ1n) is 45.5. The molecule has 1 saturated carbocycles. The van der Waals surface area contributed by atoms with E-state index < -0.39 is 35.4 Å². The van der Waals surface area contributed by atoms with Crippen molar-refractivity contribution in [3.8, 4) is 39.1 Å². The van der Waals surface area contributed by atoms with E-state index in [0.29, 0.717) is 128 Å². The molecule has 706 valence electrons. The maximum absolute atomic E-state index is 15.1. The van der Waals surface area contributed by atoms with E-state index in [2.05, 4.69) is 81.5 Å². The lowest BCUT2D eigenvalue weighted by molar-refractivity contribution is -0.130. The Kier molecular flexibility index (Phi) is 29.4. The van der Waals surface area contributed by atoms with Gasteiger partial charge in [0.15, 0.2) is 9.84 Å². The Morgan fingerprint density at radius 2 is 1.28 bits per heavy atom. The number of thiazole rings is 1. The molecule has 6 aliphatic rings. The van der Waals surface area contributed by atoms with E-state index in [9.17, 15) is 36.0 Å². The van der Waals surface area contributed by atoms with Crippen molar-refractivity contribution in [2.45, 2.75) is 136 Å². The van der Waals surface area contributed by atoms with Gasteiger partial charge in [0.2, 0.25) is 23.8 Å². The zero-order chi connectivity index (χ0) is 93.5. The number of ether oxygens (including phenoxy) is 3. The van der Waals surface area contributed by atoms with Crippen LogP contribution in [0.5, 0.6) is 5.75 Å². The molecule has 5 saturated heterocycles. The van der Waals surface area contributed by atoms with Crippen molar-refractivity contribution in [2.75, 3.05) is 132 Å². The number of sulfone groups is 1. The van der Waals surface area contributed by atoms with Crippen LogP contribution >= 0.6 is 23.1 Å². The van der Waals surface area contributed by atoms with Crippen LogP contribution in [0.2, 0.25) is 0 Å². The molecule has 6 fully saturated rings. The Hall–Kier alpha value is -11.5. The number of pyridine rings is 3. The van der Waals surface area contributed by atoms with Crippen LogP contribution < -0.4 is 52.9 Å². The zero-order valence-electron chi connectivity index (χ0n) is 76.2. The van der Waals surface area contributed by atoms with Crippen molar-refractivity contribution in [3.05, 3.63) is 234 Å².